The van der Waals surface area contributed by atoms with Gasteiger partial charge in [-0.15, -0.1) is 0 Å². The molecule has 100 valence electrons. The van der Waals surface area contributed by atoms with Crippen molar-refractivity contribution >= 4 is 0 Å². The Morgan fingerprint density at radius 3 is 2.30 bits per heavy atom. The van der Waals surface area contributed by atoms with Gasteiger partial charge in [0.2, 0.25) is 0 Å². The van der Waals surface area contributed by atoms with E-state index in [1.165, 1.54) is 5.56 Å². The third-order valence-electron chi connectivity index (χ3n) is 3.32. The standard InChI is InChI=1S/C17H17N3/c18-15(11-13-7-3-1-4-8-13)17-19-12-16(20-17)14-9-5-2-6-10-14/h1-10,12,15H,11,18H2,(H,19,20)/t15-/m1/s1. The first kappa shape index (κ1) is 12.6. The van der Waals surface area contributed by atoms with Gasteiger partial charge >= 0.3 is 0 Å². The maximum absolute atomic E-state index is 6.22. The van der Waals surface area contributed by atoms with Gasteiger partial charge in [0.1, 0.15) is 5.82 Å². The molecule has 0 fully saturated rings. The zero-order valence-corrected chi connectivity index (χ0v) is 11.2. The molecule has 0 saturated heterocycles. The van der Waals surface area contributed by atoms with E-state index in [0.29, 0.717) is 0 Å². The normalized spacial score (nSPS) is 12.2. The van der Waals surface area contributed by atoms with Crippen molar-refractivity contribution in [2.24, 2.45) is 5.73 Å². The van der Waals surface area contributed by atoms with Crippen molar-refractivity contribution in [1.29, 1.82) is 0 Å². The molecule has 0 saturated carbocycles. The average molecular weight is 263 g/mol. The van der Waals surface area contributed by atoms with E-state index in [2.05, 4.69) is 22.1 Å². The van der Waals surface area contributed by atoms with Crippen LogP contribution in [0.4, 0.5) is 0 Å². The quantitative estimate of drug-likeness (QED) is 0.758. The number of imidazole rings is 1. The second kappa shape index (κ2) is 5.72. The second-order valence-electron chi connectivity index (χ2n) is 4.83. The second-order valence-corrected chi connectivity index (χ2v) is 4.83. The molecule has 20 heavy (non-hydrogen) atoms. The van der Waals surface area contributed by atoms with Gasteiger partial charge in [0.25, 0.3) is 0 Å². The summed E-state index contributed by atoms with van der Waals surface area (Å²) in [6.07, 6.45) is 2.69. The van der Waals surface area contributed by atoms with Gasteiger partial charge in [-0.2, -0.15) is 0 Å². The van der Waals surface area contributed by atoms with E-state index in [1.807, 2.05) is 54.7 Å². The van der Waals surface area contributed by atoms with Crippen LogP contribution in [0.1, 0.15) is 17.4 Å². The maximum atomic E-state index is 6.22. The molecule has 2 aromatic carbocycles. The highest BCUT2D eigenvalue weighted by molar-refractivity contribution is 5.58. The monoisotopic (exact) mass is 263 g/mol. The molecule has 1 aromatic heterocycles. The van der Waals surface area contributed by atoms with Gasteiger partial charge < -0.3 is 10.7 Å². The van der Waals surface area contributed by atoms with E-state index in [1.54, 1.807) is 0 Å². The topological polar surface area (TPSA) is 54.7 Å². The van der Waals surface area contributed by atoms with Gasteiger partial charge in [-0.1, -0.05) is 60.7 Å². The van der Waals surface area contributed by atoms with Crippen molar-refractivity contribution < 1.29 is 0 Å². The Bertz CT molecular complexity index is 659. The first-order valence-electron chi connectivity index (χ1n) is 6.73. The van der Waals surface area contributed by atoms with Gasteiger partial charge in [0, 0.05) is 11.8 Å². The Morgan fingerprint density at radius 1 is 0.950 bits per heavy atom. The summed E-state index contributed by atoms with van der Waals surface area (Å²) in [6, 6.07) is 20.2. The van der Waals surface area contributed by atoms with Crippen LogP contribution in [0.5, 0.6) is 0 Å². The predicted octanol–water partition coefficient (Wildman–Crippen LogP) is 3.32. The minimum atomic E-state index is -0.116. The number of nitrogens with one attached hydrogen (secondary N) is 1. The highest BCUT2D eigenvalue weighted by Crippen LogP contribution is 2.19. The van der Waals surface area contributed by atoms with Crippen LogP contribution < -0.4 is 5.73 Å². The average Bonchev–Trinajstić information content (AvgIpc) is 2.99. The number of H-pyrrole nitrogens is 1. The number of aromatic nitrogens is 2. The lowest BCUT2D eigenvalue weighted by Gasteiger charge is -2.08. The number of nitrogens with zero attached hydrogens (tertiary/aromatic N) is 1. The Balaban J connectivity index is 1.77. The van der Waals surface area contributed by atoms with Crippen LogP contribution >= 0.6 is 0 Å². The summed E-state index contributed by atoms with van der Waals surface area (Å²) in [7, 11) is 0. The third kappa shape index (κ3) is 2.78. The zero-order chi connectivity index (χ0) is 13.8. The van der Waals surface area contributed by atoms with E-state index >= 15 is 0 Å². The Morgan fingerprint density at radius 2 is 1.60 bits per heavy atom. The Kier molecular flexibility index (Phi) is 3.61. The predicted molar refractivity (Wildman–Crippen MR) is 81.1 cm³/mol. The number of benzene rings is 2. The van der Waals surface area contributed by atoms with E-state index in [-0.39, 0.29) is 6.04 Å². The van der Waals surface area contributed by atoms with E-state index in [4.69, 9.17) is 5.73 Å². The van der Waals surface area contributed by atoms with E-state index in [0.717, 1.165) is 23.5 Å². The van der Waals surface area contributed by atoms with Gasteiger partial charge in [-0.05, 0) is 12.0 Å². The maximum Gasteiger partial charge on any atom is 0.124 e. The first-order chi connectivity index (χ1) is 9.83. The molecule has 0 bridgehead atoms. The Labute approximate surface area is 118 Å². The van der Waals surface area contributed by atoms with Crippen molar-refractivity contribution in [2.45, 2.75) is 12.5 Å². The molecule has 0 amide bonds. The first-order valence-corrected chi connectivity index (χ1v) is 6.73. The van der Waals surface area contributed by atoms with Crippen LogP contribution in [0.2, 0.25) is 0 Å². The molecule has 3 N–H and O–H groups in total. The van der Waals surface area contributed by atoms with Crippen LogP contribution in [0, 0.1) is 0 Å². The molecular weight excluding hydrogens is 246 g/mol. The minimum Gasteiger partial charge on any atom is -0.347 e. The minimum absolute atomic E-state index is 0.116. The molecule has 0 spiro atoms. The number of rotatable bonds is 4. The number of aromatic amines is 1. The smallest absolute Gasteiger partial charge is 0.124 e. The summed E-state index contributed by atoms with van der Waals surface area (Å²) in [5.41, 5.74) is 9.48. The molecule has 3 nitrogen and oxygen atoms in total. The molecular formula is C17H17N3. The lowest BCUT2D eigenvalue weighted by atomic mass is 10.1. The van der Waals surface area contributed by atoms with Crippen LogP contribution in [-0.4, -0.2) is 9.97 Å². The lowest BCUT2D eigenvalue weighted by molar-refractivity contribution is 0.678. The van der Waals surface area contributed by atoms with Crippen LogP contribution in [0.3, 0.4) is 0 Å². The largest absolute Gasteiger partial charge is 0.347 e. The highest BCUT2D eigenvalue weighted by Gasteiger charge is 2.11. The Hall–Kier alpha value is -2.39. The molecule has 3 heteroatoms. The molecule has 0 aliphatic rings. The van der Waals surface area contributed by atoms with Gasteiger partial charge in [0.05, 0.1) is 11.7 Å². The van der Waals surface area contributed by atoms with Crippen molar-refractivity contribution in [2.75, 3.05) is 0 Å². The number of hydrogen-bond donors (Lipinski definition) is 2. The summed E-state index contributed by atoms with van der Waals surface area (Å²) >= 11 is 0. The summed E-state index contributed by atoms with van der Waals surface area (Å²) in [5, 5.41) is 0. The summed E-state index contributed by atoms with van der Waals surface area (Å²) in [6.45, 7) is 0. The molecule has 0 aliphatic carbocycles. The van der Waals surface area contributed by atoms with Crippen molar-refractivity contribution in [3.63, 3.8) is 0 Å². The SMILES string of the molecule is N[C@H](Cc1ccccc1)c1nc(-c2ccccc2)c[nH]1. The van der Waals surface area contributed by atoms with Crippen LogP contribution in [0.15, 0.2) is 66.9 Å². The highest BCUT2D eigenvalue weighted by atomic mass is 15.0. The van der Waals surface area contributed by atoms with Crippen molar-refractivity contribution in [3.8, 4) is 11.3 Å². The fourth-order valence-corrected chi connectivity index (χ4v) is 2.25. The molecule has 1 atom stereocenters. The summed E-state index contributed by atoms with van der Waals surface area (Å²) < 4.78 is 0. The molecule has 0 radical (unpaired) electrons. The van der Waals surface area contributed by atoms with Crippen LogP contribution in [0.25, 0.3) is 11.3 Å². The van der Waals surface area contributed by atoms with Gasteiger partial charge in [-0.25, -0.2) is 4.98 Å². The van der Waals surface area contributed by atoms with E-state index in [9.17, 15) is 0 Å². The fraction of sp³-hybridized carbons (Fsp3) is 0.118. The van der Waals surface area contributed by atoms with E-state index < -0.39 is 0 Å². The molecule has 3 rings (SSSR count). The molecule has 0 aliphatic heterocycles. The fourth-order valence-electron chi connectivity index (χ4n) is 2.25. The molecule has 1 heterocycles. The van der Waals surface area contributed by atoms with Gasteiger partial charge in [-0.3, -0.25) is 0 Å². The molecule has 3 aromatic rings. The number of hydrogen-bond acceptors (Lipinski definition) is 2. The third-order valence-corrected chi connectivity index (χ3v) is 3.32. The lowest BCUT2D eigenvalue weighted by Crippen LogP contribution is -2.14. The molecule has 0 unspecified atom stereocenters. The van der Waals surface area contributed by atoms with Gasteiger partial charge in [0.15, 0.2) is 0 Å². The summed E-state index contributed by atoms with van der Waals surface area (Å²) in [5.74, 6) is 0.827. The van der Waals surface area contributed by atoms with Crippen molar-refractivity contribution in [3.05, 3.63) is 78.2 Å². The summed E-state index contributed by atoms with van der Waals surface area (Å²) in [4.78, 5) is 7.78. The van der Waals surface area contributed by atoms with Crippen LogP contribution in [-0.2, 0) is 6.42 Å². The number of nitrogens with two attached hydrogens (primary N) is 1. The van der Waals surface area contributed by atoms with Crippen molar-refractivity contribution in [1.82, 2.24) is 9.97 Å². The zero-order valence-electron chi connectivity index (χ0n) is 11.2.